The van der Waals surface area contributed by atoms with E-state index >= 15 is 0 Å². The minimum absolute atomic E-state index is 0.0488. The van der Waals surface area contributed by atoms with E-state index in [-0.39, 0.29) is 6.04 Å². The van der Waals surface area contributed by atoms with Crippen molar-refractivity contribution in [1.29, 1.82) is 5.26 Å². The Hall–Kier alpha value is -0.590. The van der Waals surface area contributed by atoms with Gasteiger partial charge in [0.2, 0.25) is 0 Å². The molecular formula is C11H23N3. The Kier molecular flexibility index (Phi) is 5.75. The first kappa shape index (κ1) is 13.4. The molecule has 0 aliphatic rings. The van der Waals surface area contributed by atoms with Crippen LogP contribution in [-0.2, 0) is 0 Å². The van der Waals surface area contributed by atoms with Gasteiger partial charge < -0.3 is 10.2 Å². The molecule has 0 aromatic rings. The summed E-state index contributed by atoms with van der Waals surface area (Å²) in [7, 11) is 2.06. The molecule has 0 spiro atoms. The molecular weight excluding hydrogens is 174 g/mol. The third-order valence-electron chi connectivity index (χ3n) is 1.84. The largest absolute Gasteiger partial charge is 0.303 e. The summed E-state index contributed by atoms with van der Waals surface area (Å²) in [6, 6.07) is 2.22. The van der Waals surface area contributed by atoms with Crippen molar-refractivity contribution in [2.75, 3.05) is 26.7 Å². The van der Waals surface area contributed by atoms with Gasteiger partial charge in [0.15, 0.2) is 0 Å². The number of nitrogens with zero attached hydrogens (tertiary/aromatic N) is 2. The Bertz CT molecular complexity index is 188. The normalized spacial score (nSPS) is 14.1. The number of likely N-dealkylation sites (N-methyl/N-ethyl adjacent to an activating group) is 2. The van der Waals surface area contributed by atoms with Gasteiger partial charge in [-0.05, 0) is 19.0 Å². The third-order valence-corrected chi connectivity index (χ3v) is 1.84. The van der Waals surface area contributed by atoms with E-state index in [1.807, 2.05) is 6.92 Å². The third kappa shape index (κ3) is 6.88. The van der Waals surface area contributed by atoms with Crippen LogP contribution in [0.4, 0.5) is 0 Å². The molecule has 0 aliphatic heterocycles. The summed E-state index contributed by atoms with van der Waals surface area (Å²) >= 11 is 0. The predicted molar refractivity (Wildman–Crippen MR) is 60.0 cm³/mol. The van der Waals surface area contributed by atoms with Crippen molar-refractivity contribution in [1.82, 2.24) is 10.2 Å². The van der Waals surface area contributed by atoms with Crippen molar-refractivity contribution >= 4 is 0 Å². The summed E-state index contributed by atoms with van der Waals surface area (Å²) in [4.78, 5) is 2.20. The predicted octanol–water partition coefficient (Wildman–Crippen LogP) is 1.47. The van der Waals surface area contributed by atoms with Crippen LogP contribution in [0.3, 0.4) is 0 Å². The smallest absolute Gasteiger partial charge is 0.108 e. The van der Waals surface area contributed by atoms with Crippen molar-refractivity contribution in [3.05, 3.63) is 0 Å². The van der Waals surface area contributed by atoms with Gasteiger partial charge in [-0.3, -0.25) is 0 Å². The lowest BCUT2D eigenvalue weighted by atomic mass is 9.96. The van der Waals surface area contributed by atoms with Crippen molar-refractivity contribution in [2.24, 2.45) is 5.41 Å². The number of hydrogen-bond donors (Lipinski definition) is 1. The maximum atomic E-state index is 8.87. The van der Waals surface area contributed by atoms with Crippen LogP contribution in [0.1, 0.15) is 27.7 Å². The van der Waals surface area contributed by atoms with Crippen LogP contribution < -0.4 is 5.32 Å². The van der Waals surface area contributed by atoms with Gasteiger partial charge in [0.25, 0.3) is 0 Å². The number of rotatable bonds is 5. The van der Waals surface area contributed by atoms with E-state index < -0.39 is 0 Å². The highest BCUT2D eigenvalue weighted by atomic mass is 15.1. The van der Waals surface area contributed by atoms with Crippen molar-refractivity contribution in [2.45, 2.75) is 33.7 Å². The molecule has 0 bridgehead atoms. The van der Waals surface area contributed by atoms with E-state index in [4.69, 9.17) is 5.26 Å². The first-order valence-corrected chi connectivity index (χ1v) is 5.20. The maximum Gasteiger partial charge on any atom is 0.108 e. The lowest BCUT2D eigenvalue weighted by molar-refractivity contribution is 0.218. The van der Waals surface area contributed by atoms with Gasteiger partial charge in [-0.1, -0.05) is 27.7 Å². The molecule has 0 amide bonds. The average Bonchev–Trinajstić information content (AvgIpc) is 2.00. The van der Waals surface area contributed by atoms with E-state index in [0.717, 1.165) is 19.6 Å². The quantitative estimate of drug-likeness (QED) is 0.725. The maximum absolute atomic E-state index is 8.87. The molecule has 1 N–H and O–H groups in total. The summed E-state index contributed by atoms with van der Waals surface area (Å²) in [5.41, 5.74) is 0.293. The van der Waals surface area contributed by atoms with Gasteiger partial charge in [0, 0.05) is 13.1 Å². The van der Waals surface area contributed by atoms with Gasteiger partial charge >= 0.3 is 0 Å². The van der Waals surface area contributed by atoms with Crippen LogP contribution in [-0.4, -0.2) is 37.6 Å². The SMILES string of the molecule is CCNC(C#N)CN(C)CC(C)(C)C. The Balaban J connectivity index is 3.92. The van der Waals surface area contributed by atoms with Gasteiger partial charge in [-0.2, -0.15) is 5.26 Å². The monoisotopic (exact) mass is 197 g/mol. The molecule has 0 saturated heterocycles. The van der Waals surface area contributed by atoms with E-state index in [2.05, 4.69) is 44.1 Å². The zero-order valence-corrected chi connectivity index (χ0v) is 10.1. The molecule has 0 rings (SSSR count). The molecule has 0 fully saturated rings. The highest BCUT2D eigenvalue weighted by Gasteiger charge is 2.16. The molecule has 3 nitrogen and oxygen atoms in total. The Morgan fingerprint density at radius 2 is 2.00 bits per heavy atom. The first-order valence-electron chi connectivity index (χ1n) is 5.20. The Labute approximate surface area is 88.1 Å². The molecule has 0 saturated carbocycles. The Morgan fingerprint density at radius 1 is 1.43 bits per heavy atom. The molecule has 0 aromatic heterocycles. The second-order valence-electron chi connectivity index (χ2n) is 5.00. The van der Waals surface area contributed by atoms with Crippen LogP contribution in [0.25, 0.3) is 0 Å². The average molecular weight is 197 g/mol. The van der Waals surface area contributed by atoms with E-state index in [1.54, 1.807) is 0 Å². The standard InChI is InChI=1S/C11H23N3/c1-6-13-10(7-12)8-14(5)9-11(2,3)4/h10,13H,6,8-9H2,1-5H3. The van der Waals surface area contributed by atoms with Gasteiger partial charge in [0.1, 0.15) is 6.04 Å². The summed E-state index contributed by atoms with van der Waals surface area (Å²) in [6.45, 7) is 11.3. The summed E-state index contributed by atoms with van der Waals surface area (Å²) in [6.07, 6.45) is 0. The molecule has 3 heteroatoms. The van der Waals surface area contributed by atoms with Crippen LogP contribution in [0.5, 0.6) is 0 Å². The molecule has 0 radical (unpaired) electrons. The van der Waals surface area contributed by atoms with E-state index in [9.17, 15) is 0 Å². The fourth-order valence-electron chi connectivity index (χ4n) is 1.58. The molecule has 0 aromatic carbocycles. The van der Waals surface area contributed by atoms with Gasteiger partial charge in [0.05, 0.1) is 6.07 Å². The zero-order valence-electron chi connectivity index (χ0n) is 10.1. The number of nitrogens with one attached hydrogen (secondary N) is 1. The number of hydrogen-bond acceptors (Lipinski definition) is 3. The van der Waals surface area contributed by atoms with Crippen LogP contribution in [0.2, 0.25) is 0 Å². The topological polar surface area (TPSA) is 39.1 Å². The minimum Gasteiger partial charge on any atom is -0.303 e. The summed E-state index contributed by atoms with van der Waals surface area (Å²) < 4.78 is 0. The fourth-order valence-corrected chi connectivity index (χ4v) is 1.58. The first-order chi connectivity index (χ1) is 6.39. The van der Waals surface area contributed by atoms with Crippen LogP contribution in [0, 0.1) is 16.7 Å². The van der Waals surface area contributed by atoms with Crippen LogP contribution in [0.15, 0.2) is 0 Å². The van der Waals surface area contributed by atoms with E-state index in [1.165, 1.54) is 0 Å². The van der Waals surface area contributed by atoms with Crippen molar-refractivity contribution in [3.63, 3.8) is 0 Å². The fraction of sp³-hybridized carbons (Fsp3) is 0.909. The van der Waals surface area contributed by atoms with Crippen LogP contribution >= 0.6 is 0 Å². The Morgan fingerprint density at radius 3 is 2.36 bits per heavy atom. The van der Waals surface area contributed by atoms with Gasteiger partial charge in [-0.15, -0.1) is 0 Å². The molecule has 14 heavy (non-hydrogen) atoms. The van der Waals surface area contributed by atoms with Gasteiger partial charge in [-0.25, -0.2) is 0 Å². The molecule has 82 valence electrons. The molecule has 0 heterocycles. The zero-order chi connectivity index (χ0) is 11.2. The van der Waals surface area contributed by atoms with Crippen molar-refractivity contribution in [3.8, 4) is 6.07 Å². The molecule has 0 aliphatic carbocycles. The molecule has 1 atom stereocenters. The second kappa shape index (κ2) is 6.00. The highest BCUT2D eigenvalue weighted by molar-refractivity contribution is 4.91. The summed E-state index contributed by atoms with van der Waals surface area (Å²) in [5, 5.41) is 12.0. The molecule has 1 unspecified atom stereocenters. The lowest BCUT2D eigenvalue weighted by Crippen LogP contribution is -2.41. The minimum atomic E-state index is -0.0488. The summed E-state index contributed by atoms with van der Waals surface area (Å²) in [5.74, 6) is 0. The van der Waals surface area contributed by atoms with E-state index in [0.29, 0.717) is 5.41 Å². The van der Waals surface area contributed by atoms with Crippen molar-refractivity contribution < 1.29 is 0 Å². The lowest BCUT2D eigenvalue weighted by Gasteiger charge is -2.27. The highest BCUT2D eigenvalue weighted by Crippen LogP contribution is 2.13. The second-order valence-corrected chi connectivity index (χ2v) is 5.00. The number of nitriles is 1.